The van der Waals surface area contributed by atoms with Gasteiger partial charge in [-0.2, -0.15) is 0 Å². The molecule has 1 aromatic heterocycles. The van der Waals surface area contributed by atoms with Crippen LogP contribution in [0.2, 0.25) is 10.0 Å². The molecule has 3 rings (SSSR count). The molecule has 0 amide bonds. The highest BCUT2D eigenvalue weighted by molar-refractivity contribution is 7.71. The number of benzene rings is 2. The van der Waals surface area contributed by atoms with Crippen LogP contribution in [0.1, 0.15) is 5.56 Å². The van der Waals surface area contributed by atoms with Gasteiger partial charge in [-0.3, -0.25) is 4.57 Å². The van der Waals surface area contributed by atoms with Gasteiger partial charge >= 0.3 is 0 Å². The lowest BCUT2D eigenvalue weighted by atomic mass is 10.2. The molecule has 0 unspecified atom stereocenters. The van der Waals surface area contributed by atoms with Crippen molar-refractivity contribution in [2.24, 2.45) is 0 Å². The van der Waals surface area contributed by atoms with Gasteiger partial charge < -0.3 is 4.98 Å². The van der Waals surface area contributed by atoms with Gasteiger partial charge in [-0.25, -0.2) is 4.39 Å². The zero-order valence-electron chi connectivity index (χ0n) is 10.4. The van der Waals surface area contributed by atoms with Gasteiger partial charge in [0.25, 0.3) is 0 Å². The molecule has 3 aromatic rings. The van der Waals surface area contributed by atoms with Gasteiger partial charge in [0.05, 0.1) is 16.2 Å². The topological polar surface area (TPSA) is 20.7 Å². The van der Waals surface area contributed by atoms with Crippen LogP contribution in [0.25, 0.3) is 16.7 Å². The largest absolute Gasteiger partial charge is 0.328 e. The summed E-state index contributed by atoms with van der Waals surface area (Å²) in [5.41, 5.74) is 2.48. The summed E-state index contributed by atoms with van der Waals surface area (Å²) >= 11 is 17.7. The Kier molecular flexibility index (Phi) is 3.32. The summed E-state index contributed by atoms with van der Waals surface area (Å²) in [4.78, 5) is 2.86. The van der Waals surface area contributed by atoms with E-state index in [1.807, 2.05) is 6.92 Å². The fourth-order valence-electron chi connectivity index (χ4n) is 2.14. The number of aromatic amines is 1. The van der Waals surface area contributed by atoms with E-state index in [2.05, 4.69) is 4.98 Å². The monoisotopic (exact) mass is 326 g/mol. The van der Waals surface area contributed by atoms with E-state index in [1.54, 1.807) is 28.8 Å². The highest BCUT2D eigenvalue weighted by Gasteiger charge is 2.13. The Morgan fingerprint density at radius 2 is 1.95 bits per heavy atom. The molecule has 6 heteroatoms. The van der Waals surface area contributed by atoms with Crippen molar-refractivity contribution in [3.05, 3.63) is 56.5 Å². The second kappa shape index (κ2) is 4.88. The Morgan fingerprint density at radius 1 is 1.20 bits per heavy atom. The molecule has 1 heterocycles. The van der Waals surface area contributed by atoms with Gasteiger partial charge in [0.2, 0.25) is 0 Å². The number of aryl methyl sites for hydroxylation is 1. The summed E-state index contributed by atoms with van der Waals surface area (Å²) < 4.78 is 15.8. The fourth-order valence-corrected chi connectivity index (χ4v) is 2.90. The Bertz CT molecular complexity index is 883. The highest BCUT2D eigenvalue weighted by atomic mass is 35.5. The molecule has 2 nitrogen and oxygen atoms in total. The third-order valence-corrected chi connectivity index (χ3v) is 4.13. The molecule has 0 saturated heterocycles. The van der Waals surface area contributed by atoms with E-state index in [1.165, 1.54) is 6.07 Å². The first-order valence-electron chi connectivity index (χ1n) is 5.84. The van der Waals surface area contributed by atoms with Crippen molar-refractivity contribution >= 4 is 46.5 Å². The molecule has 0 fully saturated rings. The molecular formula is C14H9Cl2FN2S. The lowest BCUT2D eigenvalue weighted by Crippen LogP contribution is -1.96. The average Bonchev–Trinajstić information content (AvgIpc) is 2.72. The number of rotatable bonds is 1. The second-order valence-electron chi connectivity index (χ2n) is 4.45. The lowest BCUT2D eigenvalue weighted by molar-refractivity contribution is 0.637. The minimum absolute atomic E-state index is 0.352. The molecule has 0 aliphatic carbocycles. The van der Waals surface area contributed by atoms with Crippen molar-refractivity contribution in [3.63, 3.8) is 0 Å². The van der Waals surface area contributed by atoms with Crippen molar-refractivity contribution in [2.45, 2.75) is 6.92 Å². The third kappa shape index (κ3) is 2.04. The zero-order chi connectivity index (χ0) is 14.4. The minimum atomic E-state index is -0.360. The third-order valence-electron chi connectivity index (χ3n) is 3.14. The first kappa shape index (κ1) is 13.6. The van der Waals surface area contributed by atoms with E-state index in [0.29, 0.717) is 31.5 Å². The summed E-state index contributed by atoms with van der Waals surface area (Å²) in [6.45, 7) is 1.87. The highest BCUT2D eigenvalue weighted by Crippen LogP contribution is 2.30. The molecule has 0 spiro atoms. The number of aromatic nitrogens is 2. The van der Waals surface area contributed by atoms with Crippen molar-refractivity contribution in [2.75, 3.05) is 0 Å². The summed E-state index contributed by atoms with van der Waals surface area (Å²) in [5.74, 6) is -0.360. The van der Waals surface area contributed by atoms with Gasteiger partial charge in [0.1, 0.15) is 11.3 Å². The van der Waals surface area contributed by atoms with Crippen molar-refractivity contribution in [3.8, 4) is 5.69 Å². The molecular weight excluding hydrogens is 318 g/mol. The van der Waals surface area contributed by atoms with Crippen LogP contribution < -0.4 is 0 Å². The lowest BCUT2D eigenvalue weighted by Gasteiger charge is -2.09. The summed E-state index contributed by atoms with van der Waals surface area (Å²) in [6, 6.07) is 8.27. The van der Waals surface area contributed by atoms with Crippen LogP contribution in [-0.2, 0) is 0 Å². The molecule has 0 aliphatic rings. The first-order valence-corrected chi connectivity index (χ1v) is 7.00. The normalized spacial score (nSPS) is 11.2. The van der Waals surface area contributed by atoms with Crippen LogP contribution in [0.5, 0.6) is 0 Å². The van der Waals surface area contributed by atoms with Crippen LogP contribution in [0, 0.1) is 17.5 Å². The standard InChI is InChI=1S/C14H9Cl2FN2S/c1-7-5-9(16)12(6-8(7)15)19-11-4-2-3-10(17)13(11)18-14(19)20/h2-6H,1H3,(H,18,20). The first-order chi connectivity index (χ1) is 9.49. The average molecular weight is 327 g/mol. The molecule has 102 valence electrons. The van der Waals surface area contributed by atoms with E-state index in [0.717, 1.165) is 5.56 Å². The van der Waals surface area contributed by atoms with Crippen LogP contribution in [0.15, 0.2) is 30.3 Å². The van der Waals surface area contributed by atoms with Crippen molar-refractivity contribution < 1.29 is 4.39 Å². The molecule has 0 aliphatic heterocycles. The van der Waals surface area contributed by atoms with E-state index in [-0.39, 0.29) is 5.82 Å². The predicted octanol–water partition coefficient (Wildman–Crippen LogP) is 5.44. The van der Waals surface area contributed by atoms with Gasteiger partial charge in [-0.1, -0.05) is 29.3 Å². The number of H-pyrrole nitrogens is 1. The Morgan fingerprint density at radius 3 is 2.70 bits per heavy atom. The summed E-state index contributed by atoms with van der Waals surface area (Å²) in [7, 11) is 0. The summed E-state index contributed by atoms with van der Waals surface area (Å²) in [6.07, 6.45) is 0. The number of nitrogens with one attached hydrogen (secondary N) is 1. The van der Waals surface area contributed by atoms with E-state index < -0.39 is 0 Å². The maximum absolute atomic E-state index is 13.8. The SMILES string of the molecule is Cc1cc(Cl)c(-n2c(=S)[nH]c3c(F)cccc32)cc1Cl. The van der Waals surface area contributed by atoms with Crippen LogP contribution in [0.3, 0.4) is 0 Å². The summed E-state index contributed by atoms with van der Waals surface area (Å²) in [5, 5.41) is 1.09. The zero-order valence-corrected chi connectivity index (χ0v) is 12.7. The maximum atomic E-state index is 13.8. The minimum Gasteiger partial charge on any atom is -0.328 e. The van der Waals surface area contributed by atoms with Crippen LogP contribution in [0.4, 0.5) is 4.39 Å². The van der Waals surface area contributed by atoms with Crippen LogP contribution >= 0.6 is 35.4 Å². The number of hydrogen-bond donors (Lipinski definition) is 1. The molecule has 1 N–H and O–H groups in total. The number of imidazole rings is 1. The predicted molar refractivity (Wildman–Crippen MR) is 83.2 cm³/mol. The van der Waals surface area contributed by atoms with Crippen LogP contribution in [-0.4, -0.2) is 9.55 Å². The molecule has 2 aromatic carbocycles. The Hall–Kier alpha value is -1.36. The number of halogens is 3. The van der Waals surface area contributed by atoms with Gasteiger partial charge in [0.15, 0.2) is 4.77 Å². The van der Waals surface area contributed by atoms with Gasteiger partial charge in [-0.15, -0.1) is 0 Å². The number of fused-ring (bicyclic) bond motifs is 1. The quantitative estimate of drug-likeness (QED) is 0.590. The Labute approximate surface area is 129 Å². The molecule has 0 saturated carbocycles. The van der Waals surface area contributed by atoms with E-state index in [9.17, 15) is 4.39 Å². The van der Waals surface area contributed by atoms with E-state index in [4.69, 9.17) is 35.4 Å². The molecule has 0 atom stereocenters. The van der Waals surface area contributed by atoms with E-state index >= 15 is 0 Å². The second-order valence-corrected chi connectivity index (χ2v) is 5.65. The molecule has 20 heavy (non-hydrogen) atoms. The van der Waals surface area contributed by atoms with Crippen molar-refractivity contribution in [1.29, 1.82) is 0 Å². The number of hydrogen-bond acceptors (Lipinski definition) is 1. The number of nitrogens with zero attached hydrogens (tertiary/aromatic N) is 1. The maximum Gasteiger partial charge on any atom is 0.182 e. The Balaban J connectivity index is 2.41. The van der Waals surface area contributed by atoms with Gasteiger partial charge in [-0.05, 0) is 49.0 Å². The smallest absolute Gasteiger partial charge is 0.182 e. The van der Waals surface area contributed by atoms with Gasteiger partial charge in [0, 0.05) is 5.02 Å². The van der Waals surface area contributed by atoms with Crippen molar-refractivity contribution in [1.82, 2.24) is 9.55 Å². The fraction of sp³-hybridized carbons (Fsp3) is 0.0714. The number of para-hydroxylation sites is 1. The molecule has 0 bridgehead atoms. The molecule has 0 radical (unpaired) electrons.